The third-order valence-electron chi connectivity index (χ3n) is 4.35. The van der Waals surface area contributed by atoms with Gasteiger partial charge in [-0.3, -0.25) is 19.2 Å². The zero-order chi connectivity index (χ0) is 25.1. The molecule has 3 amide bonds. The van der Waals surface area contributed by atoms with E-state index in [2.05, 4.69) is 23.3 Å². The van der Waals surface area contributed by atoms with Crippen molar-refractivity contribution in [2.45, 2.75) is 37.0 Å². The summed E-state index contributed by atoms with van der Waals surface area (Å²) in [6, 6.07) is 0.261. The first-order valence-corrected chi connectivity index (χ1v) is 10.2. The lowest BCUT2D eigenvalue weighted by Gasteiger charge is -2.23. The van der Waals surface area contributed by atoms with Gasteiger partial charge in [0.25, 0.3) is 0 Å². The van der Waals surface area contributed by atoms with Crippen LogP contribution in [0.25, 0.3) is 0 Å². The number of carbonyl (C=O) groups is 5. The van der Waals surface area contributed by atoms with Gasteiger partial charge in [0.2, 0.25) is 17.7 Å². The van der Waals surface area contributed by atoms with E-state index >= 15 is 0 Å². The molecule has 0 bridgehead atoms. The van der Waals surface area contributed by atoms with Crippen molar-refractivity contribution in [3.05, 3.63) is 29.8 Å². The minimum absolute atomic E-state index is 0.0363. The first-order valence-electron chi connectivity index (χ1n) is 9.59. The third kappa shape index (κ3) is 9.34. The largest absolute Gasteiger partial charge is 0.508 e. The number of phenolic OH excluding ortho intramolecular Hbond substituents is 1. The molecule has 13 nitrogen and oxygen atoms in total. The Morgan fingerprint density at radius 3 is 1.88 bits per heavy atom. The van der Waals surface area contributed by atoms with Crippen molar-refractivity contribution in [1.29, 1.82) is 0 Å². The van der Waals surface area contributed by atoms with Crippen LogP contribution in [0, 0.1) is 0 Å². The Hall–Kier alpha value is -3.36. The molecule has 0 aliphatic rings. The SMILES string of the molecule is NC(Cc1ccc(O)cc1)C(=O)NC(CO)C(=O)NC(CS)C(=O)NC(CC(=O)O)C(=O)O. The normalized spacial score (nSPS) is 14.3. The molecule has 0 aliphatic heterocycles. The van der Waals surface area contributed by atoms with Gasteiger partial charge in [-0.15, -0.1) is 0 Å². The molecule has 0 saturated carbocycles. The number of hydrogen-bond acceptors (Lipinski definition) is 9. The number of carboxylic acids is 2. The lowest BCUT2D eigenvalue weighted by molar-refractivity contribution is -0.147. The number of aliphatic hydroxyl groups is 1. The molecule has 0 aromatic heterocycles. The van der Waals surface area contributed by atoms with Crippen molar-refractivity contribution in [2.24, 2.45) is 5.73 Å². The number of thiol groups is 1. The average Bonchev–Trinajstić information content (AvgIpc) is 2.75. The van der Waals surface area contributed by atoms with E-state index < -0.39 is 66.9 Å². The molecule has 0 spiro atoms. The van der Waals surface area contributed by atoms with E-state index in [0.29, 0.717) is 5.56 Å². The Labute approximate surface area is 193 Å². The van der Waals surface area contributed by atoms with Crippen molar-refractivity contribution in [3.63, 3.8) is 0 Å². The number of phenols is 1. The molecular formula is C19H26N4O9S. The van der Waals surface area contributed by atoms with Crippen molar-refractivity contribution in [2.75, 3.05) is 12.4 Å². The van der Waals surface area contributed by atoms with Crippen LogP contribution in [0.1, 0.15) is 12.0 Å². The predicted octanol–water partition coefficient (Wildman–Crippen LogP) is -2.80. The van der Waals surface area contributed by atoms with Crippen molar-refractivity contribution in [1.82, 2.24) is 16.0 Å². The summed E-state index contributed by atoms with van der Waals surface area (Å²) in [4.78, 5) is 58.8. The zero-order valence-electron chi connectivity index (χ0n) is 17.3. The second kappa shape index (κ2) is 13.2. The monoisotopic (exact) mass is 486 g/mol. The number of carboxylic acid groups (broad SMARTS) is 2. The Morgan fingerprint density at radius 2 is 1.39 bits per heavy atom. The topological polar surface area (TPSA) is 228 Å². The average molecular weight is 487 g/mol. The number of amides is 3. The number of hydrogen-bond donors (Lipinski definition) is 9. The lowest BCUT2D eigenvalue weighted by Crippen LogP contribution is -2.58. The van der Waals surface area contributed by atoms with Gasteiger partial charge in [0.1, 0.15) is 23.9 Å². The van der Waals surface area contributed by atoms with E-state index in [1.54, 1.807) is 12.1 Å². The maximum Gasteiger partial charge on any atom is 0.326 e. The highest BCUT2D eigenvalue weighted by atomic mass is 32.1. The maximum absolute atomic E-state index is 12.4. The summed E-state index contributed by atoms with van der Waals surface area (Å²) in [5.41, 5.74) is 6.46. The van der Waals surface area contributed by atoms with E-state index in [1.807, 2.05) is 5.32 Å². The number of aromatic hydroxyl groups is 1. The van der Waals surface area contributed by atoms with E-state index in [1.165, 1.54) is 12.1 Å². The molecule has 0 saturated heterocycles. The molecule has 1 rings (SSSR count). The number of aliphatic carboxylic acids is 2. The van der Waals surface area contributed by atoms with Gasteiger partial charge in [-0.05, 0) is 24.1 Å². The van der Waals surface area contributed by atoms with E-state index in [-0.39, 0.29) is 17.9 Å². The van der Waals surface area contributed by atoms with Crippen LogP contribution in [-0.2, 0) is 30.4 Å². The number of carbonyl (C=O) groups excluding carboxylic acids is 3. The molecule has 0 radical (unpaired) electrons. The standard InChI is InChI=1S/C19H26N4O9S/c20-11(5-9-1-3-10(25)4-2-9)16(28)22-13(7-24)17(29)23-14(8-33)18(30)21-12(19(31)32)6-15(26)27/h1-4,11-14,24-25,33H,5-8,20H2,(H,21,30)(H,22,28)(H,23,29)(H,26,27)(H,31,32). The summed E-state index contributed by atoms with van der Waals surface area (Å²) < 4.78 is 0. The van der Waals surface area contributed by atoms with E-state index in [4.69, 9.17) is 15.9 Å². The summed E-state index contributed by atoms with van der Waals surface area (Å²) in [5.74, 6) is -6.05. The van der Waals surface area contributed by atoms with Crippen LogP contribution in [-0.4, -0.2) is 86.6 Å². The Bertz CT molecular complexity index is 865. The van der Waals surface area contributed by atoms with Crippen LogP contribution >= 0.6 is 12.6 Å². The Kier molecular flexibility index (Phi) is 11.1. The second-order valence-corrected chi connectivity index (χ2v) is 7.33. The number of nitrogens with one attached hydrogen (secondary N) is 3. The van der Waals surface area contributed by atoms with Gasteiger partial charge in [-0.2, -0.15) is 12.6 Å². The fourth-order valence-corrected chi connectivity index (χ4v) is 2.82. The summed E-state index contributed by atoms with van der Waals surface area (Å²) in [6.45, 7) is -0.832. The molecule has 0 heterocycles. The van der Waals surface area contributed by atoms with Crippen LogP contribution in [0.3, 0.4) is 0 Å². The van der Waals surface area contributed by atoms with Gasteiger partial charge in [0, 0.05) is 5.75 Å². The molecular weight excluding hydrogens is 460 g/mol. The molecule has 33 heavy (non-hydrogen) atoms. The van der Waals surface area contributed by atoms with Gasteiger partial charge in [0.05, 0.1) is 19.1 Å². The van der Waals surface area contributed by atoms with Gasteiger partial charge in [0.15, 0.2) is 0 Å². The van der Waals surface area contributed by atoms with Crippen LogP contribution in [0.5, 0.6) is 5.75 Å². The third-order valence-corrected chi connectivity index (χ3v) is 4.72. The van der Waals surface area contributed by atoms with Crippen molar-refractivity contribution < 1.29 is 44.4 Å². The summed E-state index contributed by atoms with van der Waals surface area (Å²) in [7, 11) is 0. The second-order valence-electron chi connectivity index (χ2n) is 6.96. The predicted molar refractivity (Wildman–Crippen MR) is 116 cm³/mol. The number of aliphatic hydroxyl groups excluding tert-OH is 1. The maximum atomic E-state index is 12.4. The Balaban J connectivity index is 2.72. The highest BCUT2D eigenvalue weighted by molar-refractivity contribution is 7.80. The number of rotatable bonds is 13. The van der Waals surface area contributed by atoms with Gasteiger partial charge in [-0.1, -0.05) is 12.1 Å². The van der Waals surface area contributed by atoms with Gasteiger partial charge < -0.3 is 42.1 Å². The fraction of sp³-hybridized carbons (Fsp3) is 0.421. The van der Waals surface area contributed by atoms with E-state index in [0.717, 1.165) is 0 Å². The first kappa shape index (κ1) is 27.7. The summed E-state index contributed by atoms with van der Waals surface area (Å²) in [6.07, 6.45) is -0.809. The highest BCUT2D eigenvalue weighted by Crippen LogP contribution is 2.11. The molecule has 182 valence electrons. The molecule has 0 fully saturated rings. The first-order chi connectivity index (χ1) is 15.5. The zero-order valence-corrected chi connectivity index (χ0v) is 18.2. The minimum Gasteiger partial charge on any atom is -0.508 e. The van der Waals surface area contributed by atoms with Crippen molar-refractivity contribution >= 4 is 42.3 Å². The molecule has 1 aromatic carbocycles. The Morgan fingerprint density at radius 1 is 0.879 bits per heavy atom. The molecule has 4 atom stereocenters. The highest BCUT2D eigenvalue weighted by Gasteiger charge is 2.30. The molecule has 1 aromatic rings. The molecule has 4 unspecified atom stereocenters. The van der Waals surface area contributed by atoms with Crippen LogP contribution in [0.15, 0.2) is 24.3 Å². The molecule has 0 aliphatic carbocycles. The van der Waals surface area contributed by atoms with Gasteiger partial charge in [-0.25, -0.2) is 4.79 Å². The molecule has 9 N–H and O–H groups in total. The van der Waals surface area contributed by atoms with E-state index in [9.17, 15) is 34.2 Å². The number of benzene rings is 1. The fourth-order valence-electron chi connectivity index (χ4n) is 2.56. The summed E-state index contributed by atoms with van der Waals surface area (Å²) in [5, 5.41) is 43.0. The smallest absolute Gasteiger partial charge is 0.326 e. The van der Waals surface area contributed by atoms with Gasteiger partial charge >= 0.3 is 11.9 Å². The quantitative estimate of drug-likeness (QED) is 0.130. The number of nitrogens with two attached hydrogens (primary N) is 1. The lowest BCUT2D eigenvalue weighted by atomic mass is 10.1. The summed E-state index contributed by atoms with van der Waals surface area (Å²) >= 11 is 3.91. The molecule has 14 heteroatoms. The van der Waals surface area contributed by atoms with Crippen LogP contribution in [0.4, 0.5) is 0 Å². The van der Waals surface area contributed by atoms with Crippen LogP contribution in [0.2, 0.25) is 0 Å². The van der Waals surface area contributed by atoms with Crippen molar-refractivity contribution in [3.8, 4) is 5.75 Å². The van der Waals surface area contributed by atoms with Crippen LogP contribution < -0.4 is 21.7 Å². The minimum atomic E-state index is -1.74.